The van der Waals surface area contributed by atoms with Gasteiger partial charge in [-0.2, -0.15) is 13.2 Å². The van der Waals surface area contributed by atoms with E-state index in [1.54, 1.807) is 7.05 Å². The van der Waals surface area contributed by atoms with Crippen molar-refractivity contribution in [2.24, 2.45) is 5.92 Å². The molecule has 2 N–H and O–H groups in total. The summed E-state index contributed by atoms with van der Waals surface area (Å²) in [5.41, 5.74) is 4.78. The van der Waals surface area contributed by atoms with Gasteiger partial charge in [-0.05, 0) is 30.9 Å². The molecule has 1 fully saturated rings. The van der Waals surface area contributed by atoms with Crippen LogP contribution in [0.5, 0.6) is 0 Å². The lowest BCUT2D eigenvalue weighted by Crippen LogP contribution is -2.39. The quantitative estimate of drug-likeness (QED) is 0.902. The highest BCUT2D eigenvalue weighted by Crippen LogP contribution is 2.34. The molecule has 6 heteroatoms. The summed E-state index contributed by atoms with van der Waals surface area (Å²) in [5, 5.41) is 0. The fourth-order valence-corrected chi connectivity index (χ4v) is 2.92. The van der Waals surface area contributed by atoms with Crippen LogP contribution in [0.3, 0.4) is 0 Å². The van der Waals surface area contributed by atoms with Gasteiger partial charge in [0.05, 0.1) is 5.56 Å². The van der Waals surface area contributed by atoms with E-state index in [0.29, 0.717) is 11.7 Å². The van der Waals surface area contributed by atoms with Crippen LogP contribution in [0.1, 0.15) is 38.2 Å². The zero-order chi connectivity index (χ0) is 14.9. The molecule has 1 saturated carbocycles. The van der Waals surface area contributed by atoms with Crippen molar-refractivity contribution in [3.8, 4) is 0 Å². The second-order valence-corrected chi connectivity index (χ2v) is 5.58. The Balaban J connectivity index is 2.29. The first-order chi connectivity index (χ1) is 9.29. The van der Waals surface area contributed by atoms with Crippen molar-refractivity contribution >= 4 is 11.6 Å². The average Bonchev–Trinajstić information content (AvgIpc) is 2.37. The molecule has 0 radical (unpaired) electrons. The number of hydrogen-bond donors (Lipinski definition) is 1. The van der Waals surface area contributed by atoms with Crippen molar-refractivity contribution in [3.63, 3.8) is 0 Å². The second-order valence-electron chi connectivity index (χ2n) is 5.58. The van der Waals surface area contributed by atoms with Crippen LogP contribution in [0.25, 0.3) is 0 Å². The average molecular weight is 287 g/mol. The van der Waals surface area contributed by atoms with Gasteiger partial charge in [0.25, 0.3) is 0 Å². The van der Waals surface area contributed by atoms with E-state index in [1.807, 2.05) is 4.90 Å². The Morgan fingerprint density at radius 3 is 2.50 bits per heavy atom. The van der Waals surface area contributed by atoms with Crippen LogP contribution in [-0.4, -0.2) is 18.1 Å². The lowest BCUT2D eigenvalue weighted by atomic mass is 9.85. The molecule has 2 rings (SSSR count). The molecular formula is C14H20F3N3. The number of nitrogen functional groups attached to an aromatic ring is 1. The minimum absolute atomic E-state index is 0.0925. The van der Waals surface area contributed by atoms with Crippen LogP contribution >= 0.6 is 0 Å². The summed E-state index contributed by atoms with van der Waals surface area (Å²) in [5.74, 6) is 0.660. The molecule has 0 aromatic carbocycles. The molecule has 1 aromatic heterocycles. The van der Waals surface area contributed by atoms with Crippen LogP contribution < -0.4 is 10.6 Å². The first-order valence-electron chi connectivity index (χ1n) is 6.86. The Bertz CT molecular complexity index is 473. The van der Waals surface area contributed by atoms with Gasteiger partial charge in [0.1, 0.15) is 11.6 Å². The second kappa shape index (κ2) is 5.50. The normalized spacial score (nSPS) is 23.6. The van der Waals surface area contributed by atoms with Crippen LogP contribution in [-0.2, 0) is 6.18 Å². The summed E-state index contributed by atoms with van der Waals surface area (Å²) in [6.07, 6.45) is -0.0266. The molecule has 1 aromatic rings. The number of aromatic nitrogens is 1. The Kier molecular flexibility index (Phi) is 4.11. The maximum atomic E-state index is 12.8. The number of rotatable bonds is 2. The van der Waals surface area contributed by atoms with Gasteiger partial charge in [0.2, 0.25) is 0 Å². The summed E-state index contributed by atoms with van der Waals surface area (Å²) < 4.78 is 38.5. The van der Waals surface area contributed by atoms with Crippen molar-refractivity contribution in [3.05, 3.63) is 17.7 Å². The summed E-state index contributed by atoms with van der Waals surface area (Å²) in [4.78, 5) is 5.90. The number of nitrogens with zero attached hydrogens (tertiary/aromatic N) is 2. The number of halogens is 3. The van der Waals surface area contributed by atoms with Gasteiger partial charge in [-0.3, -0.25) is 0 Å². The van der Waals surface area contributed by atoms with Crippen molar-refractivity contribution in [1.29, 1.82) is 0 Å². The van der Waals surface area contributed by atoms with E-state index >= 15 is 0 Å². The molecule has 1 aliphatic rings. The third kappa shape index (κ3) is 3.16. The molecule has 1 heterocycles. The number of anilines is 2. The molecule has 20 heavy (non-hydrogen) atoms. The minimum atomic E-state index is -4.40. The monoisotopic (exact) mass is 287 g/mol. The van der Waals surface area contributed by atoms with Gasteiger partial charge in [-0.15, -0.1) is 0 Å². The molecule has 2 unspecified atom stereocenters. The predicted molar refractivity (Wildman–Crippen MR) is 73.5 cm³/mol. The SMILES string of the molecule is CC1CCCCC1N(C)c1cc(C(F)(F)F)cc(N)n1. The highest BCUT2D eigenvalue weighted by Gasteiger charge is 2.33. The lowest BCUT2D eigenvalue weighted by Gasteiger charge is -2.37. The molecule has 0 spiro atoms. The van der Waals surface area contributed by atoms with E-state index in [4.69, 9.17) is 5.73 Å². The highest BCUT2D eigenvalue weighted by atomic mass is 19.4. The van der Waals surface area contributed by atoms with Crippen molar-refractivity contribution in [2.75, 3.05) is 17.7 Å². The molecule has 0 aliphatic heterocycles. The van der Waals surface area contributed by atoms with Crippen molar-refractivity contribution in [2.45, 2.75) is 44.8 Å². The van der Waals surface area contributed by atoms with E-state index in [2.05, 4.69) is 11.9 Å². The number of nitrogens with two attached hydrogens (primary N) is 1. The summed E-state index contributed by atoms with van der Waals surface area (Å²) in [6, 6.07) is 2.18. The fraction of sp³-hybridized carbons (Fsp3) is 0.643. The van der Waals surface area contributed by atoms with Gasteiger partial charge < -0.3 is 10.6 Å². The Morgan fingerprint density at radius 2 is 1.90 bits per heavy atom. The Labute approximate surface area is 117 Å². The smallest absolute Gasteiger partial charge is 0.384 e. The Hall–Kier alpha value is -1.46. The number of alkyl halides is 3. The van der Waals surface area contributed by atoms with E-state index < -0.39 is 11.7 Å². The molecule has 0 bridgehead atoms. The van der Waals surface area contributed by atoms with Crippen LogP contribution in [0, 0.1) is 5.92 Å². The van der Waals surface area contributed by atoms with Gasteiger partial charge in [-0.1, -0.05) is 19.8 Å². The van der Waals surface area contributed by atoms with Crippen LogP contribution in [0.4, 0.5) is 24.8 Å². The molecule has 0 saturated heterocycles. The molecule has 0 amide bonds. The highest BCUT2D eigenvalue weighted by molar-refractivity contribution is 5.49. The zero-order valence-corrected chi connectivity index (χ0v) is 11.7. The first kappa shape index (κ1) is 14.9. The van der Waals surface area contributed by atoms with Crippen LogP contribution in [0.15, 0.2) is 12.1 Å². The van der Waals surface area contributed by atoms with E-state index in [9.17, 15) is 13.2 Å². The summed E-state index contributed by atoms with van der Waals surface area (Å²) >= 11 is 0. The van der Waals surface area contributed by atoms with Gasteiger partial charge >= 0.3 is 6.18 Å². The lowest BCUT2D eigenvalue weighted by molar-refractivity contribution is -0.137. The maximum Gasteiger partial charge on any atom is 0.416 e. The standard InChI is InChI=1S/C14H20F3N3/c1-9-5-3-4-6-11(9)20(2)13-8-10(14(15,16)17)7-12(18)19-13/h7-9,11H,3-6H2,1-2H3,(H2,18,19). The molecule has 2 atom stereocenters. The minimum Gasteiger partial charge on any atom is -0.384 e. The molecule has 3 nitrogen and oxygen atoms in total. The number of hydrogen-bond acceptors (Lipinski definition) is 3. The predicted octanol–water partition coefficient (Wildman–Crippen LogP) is 3.70. The van der Waals surface area contributed by atoms with Crippen LogP contribution in [0.2, 0.25) is 0 Å². The third-order valence-corrected chi connectivity index (χ3v) is 4.08. The zero-order valence-electron chi connectivity index (χ0n) is 11.7. The fourth-order valence-electron chi connectivity index (χ4n) is 2.92. The van der Waals surface area contributed by atoms with Crippen molar-refractivity contribution in [1.82, 2.24) is 4.98 Å². The summed E-state index contributed by atoms with van der Waals surface area (Å²) in [6.45, 7) is 2.14. The Morgan fingerprint density at radius 1 is 1.25 bits per heavy atom. The molecule has 112 valence electrons. The molecular weight excluding hydrogens is 267 g/mol. The largest absolute Gasteiger partial charge is 0.416 e. The van der Waals surface area contributed by atoms with E-state index in [-0.39, 0.29) is 11.9 Å². The maximum absolute atomic E-state index is 12.8. The topological polar surface area (TPSA) is 42.1 Å². The van der Waals surface area contributed by atoms with Gasteiger partial charge in [0.15, 0.2) is 0 Å². The first-order valence-corrected chi connectivity index (χ1v) is 6.86. The van der Waals surface area contributed by atoms with E-state index in [0.717, 1.165) is 31.4 Å². The summed E-state index contributed by atoms with van der Waals surface area (Å²) in [7, 11) is 1.80. The molecule has 1 aliphatic carbocycles. The van der Waals surface area contributed by atoms with Gasteiger partial charge in [0, 0.05) is 13.1 Å². The van der Waals surface area contributed by atoms with Gasteiger partial charge in [-0.25, -0.2) is 4.98 Å². The number of pyridine rings is 1. The third-order valence-electron chi connectivity index (χ3n) is 4.08. The van der Waals surface area contributed by atoms with E-state index in [1.165, 1.54) is 6.42 Å². The van der Waals surface area contributed by atoms with Crippen molar-refractivity contribution < 1.29 is 13.2 Å².